The zero-order chi connectivity index (χ0) is 31.6. The average molecular weight is 649 g/mol. The molecule has 0 aromatic carbocycles. The summed E-state index contributed by atoms with van der Waals surface area (Å²) in [7, 11) is 3.29. The minimum Gasteiger partial charge on any atom is -0.495 e. The zero-order valence-electron chi connectivity index (χ0n) is 24.7. The van der Waals surface area contributed by atoms with Crippen molar-refractivity contribution in [2.24, 2.45) is 0 Å². The molecule has 216 valence electrons. The number of rotatable bonds is 6. The van der Waals surface area contributed by atoms with Gasteiger partial charge in [-0.2, -0.15) is 21.0 Å². The highest BCUT2D eigenvalue weighted by molar-refractivity contribution is 7.29. The van der Waals surface area contributed by atoms with Crippen LogP contribution in [0, 0.1) is 45.3 Å². The maximum atomic E-state index is 9.24. The van der Waals surface area contributed by atoms with Crippen LogP contribution >= 0.6 is 45.3 Å². The Kier molecular flexibility index (Phi) is 7.16. The van der Waals surface area contributed by atoms with Crippen molar-refractivity contribution in [2.45, 2.75) is 38.5 Å². The zero-order valence-corrected chi connectivity index (χ0v) is 28.0. The Hall–Kier alpha value is -4.42. The van der Waals surface area contributed by atoms with E-state index in [1.54, 1.807) is 26.4 Å². The number of thiophene rings is 4. The van der Waals surface area contributed by atoms with Crippen LogP contribution in [0.2, 0.25) is 0 Å². The van der Waals surface area contributed by atoms with Gasteiger partial charge in [0.1, 0.15) is 46.9 Å². The second-order valence-electron chi connectivity index (χ2n) is 11.4. The van der Waals surface area contributed by atoms with Crippen molar-refractivity contribution >= 4 is 90.2 Å². The lowest BCUT2D eigenvalue weighted by Gasteiger charge is -2.25. The predicted molar refractivity (Wildman–Crippen MR) is 182 cm³/mol. The molecular weight excluding hydrogens is 625 g/mol. The molecule has 0 saturated carbocycles. The standard InChI is InChI=1S/C34H24N4O2S4/c1-33(2)21(29-23(39-5)9-19(41-29)7-17(13-35)14-36)11-25-27(33)31-32(43-25)28-26(44-31)12-22(34(28,3)4)30-24(40-6)10-20(42-30)8-18(15-37)16-38/h7-12H,1-6H3. The molecule has 6 rings (SSSR count). The molecule has 4 aromatic heterocycles. The number of ether oxygens (including phenoxy) is 2. The van der Waals surface area contributed by atoms with Gasteiger partial charge in [-0.3, -0.25) is 0 Å². The number of nitriles is 4. The van der Waals surface area contributed by atoms with Crippen molar-refractivity contribution in [1.82, 2.24) is 0 Å². The highest BCUT2D eigenvalue weighted by atomic mass is 32.1. The Morgan fingerprint density at radius 1 is 0.636 bits per heavy atom. The van der Waals surface area contributed by atoms with Crippen LogP contribution in [-0.2, 0) is 10.8 Å². The van der Waals surface area contributed by atoms with Gasteiger partial charge < -0.3 is 9.47 Å². The van der Waals surface area contributed by atoms with Gasteiger partial charge in [-0.1, -0.05) is 27.7 Å². The summed E-state index contributed by atoms with van der Waals surface area (Å²) in [5.74, 6) is 1.47. The van der Waals surface area contributed by atoms with E-state index in [-0.39, 0.29) is 22.0 Å². The van der Waals surface area contributed by atoms with Gasteiger partial charge >= 0.3 is 0 Å². The minimum absolute atomic E-state index is 0.0611. The molecule has 0 atom stereocenters. The van der Waals surface area contributed by atoms with E-state index < -0.39 is 0 Å². The fraction of sp³-hybridized carbons (Fsp3) is 0.235. The van der Waals surface area contributed by atoms with Crippen molar-refractivity contribution in [2.75, 3.05) is 14.2 Å². The van der Waals surface area contributed by atoms with Crippen LogP contribution in [0.3, 0.4) is 0 Å². The number of fused-ring (bicyclic) bond motifs is 5. The largest absolute Gasteiger partial charge is 0.495 e. The van der Waals surface area contributed by atoms with Gasteiger partial charge in [0.2, 0.25) is 0 Å². The van der Waals surface area contributed by atoms with Crippen molar-refractivity contribution in [3.8, 4) is 35.8 Å². The minimum atomic E-state index is -0.285. The van der Waals surface area contributed by atoms with Crippen LogP contribution in [0.5, 0.6) is 11.5 Å². The van der Waals surface area contributed by atoms with Crippen LogP contribution in [0.15, 0.2) is 23.3 Å². The third kappa shape index (κ3) is 4.34. The molecule has 0 aliphatic heterocycles. The van der Waals surface area contributed by atoms with E-state index in [4.69, 9.17) is 9.47 Å². The van der Waals surface area contributed by atoms with Crippen LogP contribution in [0.25, 0.3) is 44.9 Å². The topological polar surface area (TPSA) is 114 Å². The molecule has 4 heterocycles. The highest BCUT2D eigenvalue weighted by Crippen LogP contribution is 2.62. The van der Waals surface area contributed by atoms with Crippen LogP contribution in [0.4, 0.5) is 0 Å². The molecule has 10 heteroatoms. The highest BCUT2D eigenvalue weighted by Gasteiger charge is 2.44. The van der Waals surface area contributed by atoms with Gasteiger partial charge in [0, 0.05) is 30.3 Å². The molecular formula is C34H24N4O2S4. The molecule has 0 N–H and O–H groups in total. The Morgan fingerprint density at radius 2 is 1.00 bits per heavy atom. The molecule has 4 aromatic rings. The molecule has 2 aliphatic rings. The second-order valence-corrected chi connectivity index (χ2v) is 15.6. The quantitative estimate of drug-likeness (QED) is 0.192. The van der Waals surface area contributed by atoms with Gasteiger partial charge in [0.05, 0.1) is 33.4 Å². The van der Waals surface area contributed by atoms with E-state index in [1.807, 2.05) is 59.1 Å². The Balaban J connectivity index is 1.43. The van der Waals surface area contributed by atoms with Crippen LogP contribution in [0.1, 0.15) is 68.1 Å². The second kappa shape index (κ2) is 10.6. The third-order valence-electron chi connectivity index (χ3n) is 8.14. The van der Waals surface area contributed by atoms with Crippen molar-refractivity contribution < 1.29 is 9.47 Å². The lowest BCUT2D eigenvalue weighted by atomic mass is 9.79. The Labute approximate surface area is 271 Å². The monoisotopic (exact) mass is 648 g/mol. The number of hydrogen-bond acceptors (Lipinski definition) is 10. The smallest absolute Gasteiger partial charge is 0.137 e. The maximum absolute atomic E-state index is 9.24. The summed E-state index contributed by atoms with van der Waals surface area (Å²) in [6.07, 6.45) is 7.76. The molecule has 0 saturated heterocycles. The molecule has 2 aliphatic carbocycles. The molecule has 0 fully saturated rings. The van der Waals surface area contributed by atoms with Gasteiger partial charge in [-0.25, -0.2) is 0 Å². The summed E-state index contributed by atoms with van der Waals surface area (Å²) in [4.78, 5) is 6.10. The number of nitrogens with zero attached hydrogens (tertiary/aromatic N) is 4. The lowest BCUT2D eigenvalue weighted by molar-refractivity contribution is 0.415. The van der Waals surface area contributed by atoms with Gasteiger partial charge in [-0.05, 0) is 58.7 Å². The first kappa shape index (κ1) is 29.6. The molecule has 0 radical (unpaired) electrons. The normalized spacial score (nSPS) is 15.1. The predicted octanol–water partition coefficient (Wildman–Crippen LogP) is 9.63. The molecule has 44 heavy (non-hydrogen) atoms. The van der Waals surface area contributed by atoms with Crippen molar-refractivity contribution in [3.63, 3.8) is 0 Å². The Bertz CT molecular complexity index is 2010. The molecule has 0 bridgehead atoms. The molecule has 0 unspecified atom stereocenters. The fourth-order valence-electron chi connectivity index (χ4n) is 6.01. The maximum Gasteiger partial charge on any atom is 0.137 e. The summed E-state index contributed by atoms with van der Waals surface area (Å²) in [6.45, 7) is 9.00. The number of allylic oxidation sites excluding steroid dienone is 4. The summed E-state index contributed by atoms with van der Waals surface area (Å²) < 4.78 is 14.1. The summed E-state index contributed by atoms with van der Waals surface area (Å²) >= 11 is 6.71. The van der Waals surface area contributed by atoms with E-state index in [0.29, 0.717) is 0 Å². The van der Waals surface area contributed by atoms with Crippen LogP contribution < -0.4 is 9.47 Å². The average Bonchev–Trinajstić information content (AvgIpc) is 3.81. The summed E-state index contributed by atoms with van der Waals surface area (Å²) in [5, 5.41) is 37.0. The first-order chi connectivity index (χ1) is 21.0. The van der Waals surface area contributed by atoms with E-state index in [2.05, 4.69) is 39.8 Å². The number of methoxy groups -OCH3 is 2. The van der Waals surface area contributed by atoms with E-state index in [1.165, 1.54) is 64.1 Å². The molecule has 0 amide bonds. The first-order valence-corrected chi connectivity index (χ1v) is 16.7. The number of hydrogen-bond donors (Lipinski definition) is 0. The van der Waals surface area contributed by atoms with E-state index in [9.17, 15) is 21.0 Å². The fourth-order valence-corrected chi connectivity index (χ4v) is 11.9. The Morgan fingerprint density at radius 3 is 1.32 bits per heavy atom. The summed E-state index contributed by atoms with van der Waals surface area (Å²) in [6, 6.07) is 11.5. The first-order valence-electron chi connectivity index (χ1n) is 13.5. The van der Waals surface area contributed by atoms with Crippen molar-refractivity contribution in [3.05, 3.63) is 63.7 Å². The molecule has 6 nitrogen and oxygen atoms in total. The SMILES string of the molecule is COc1cc(C=C(C#N)C#N)sc1C1=Cc2sc3c4c(sc3c2C1(C)C)C=C(c1sc(C=C(C#N)C#N)cc1OC)C4(C)C. The van der Waals surface area contributed by atoms with E-state index >= 15 is 0 Å². The lowest BCUT2D eigenvalue weighted by Crippen LogP contribution is -2.16. The van der Waals surface area contributed by atoms with Gasteiger partial charge in [0.25, 0.3) is 0 Å². The van der Waals surface area contributed by atoms with Crippen LogP contribution in [-0.4, -0.2) is 14.2 Å². The summed E-state index contributed by atoms with van der Waals surface area (Å²) in [5.41, 5.74) is 4.53. The van der Waals surface area contributed by atoms with Crippen molar-refractivity contribution in [1.29, 1.82) is 21.0 Å². The van der Waals surface area contributed by atoms with Gasteiger partial charge in [-0.15, -0.1) is 45.3 Å². The third-order valence-corrected chi connectivity index (χ3v) is 12.8. The molecule has 0 spiro atoms. The van der Waals surface area contributed by atoms with Gasteiger partial charge in [0.15, 0.2) is 0 Å². The van der Waals surface area contributed by atoms with E-state index in [0.717, 1.165) is 31.0 Å².